The number of fused-ring (bicyclic) bond motifs is 2. The third-order valence-electron chi connectivity index (χ3n) is 7.29. The summed E-state index contributed by atoms with van der Waals surface area (Å²) in [5.41, 5.74) is 1.68. The van der Waals surface area contributed by atoms with Gasteiger partial charge in [-0.15, -0.1) is 0 Å². The summed E-state index contributed by atoms with van der Waals surface area (Å²) in [6.45, 7) is 6.14. The number of benzene rings is 1. The first-order valence-corrected chi connectivity index (χ1v) is 11.2. The highest BCUT2D eigenvalue weighted by atomic mass is 19.1. The zero-order valence-electron chi connectivity index (χ0n) is 18.4. The number of carbonyl (C=O) groups is 2. The molecule has 0 aromatic heterocycles. The predicted octanol–water partition coefficient (Wildman–Crippen LogP) is 3.06. The standard InChI is InChI=1S/C23H33FN4O2/c1-4-21(29)27-11-7-18(8-12-27)26-13-9-23(10-14-26)16-28(22(30)25(2)3)20-6-5-17(24)15-19(20)23/h5-6,15,18H,4,7-14,16H2,1-3H3. The number of anilines is 1. The molecule has 3 aliphatic heterocycles. The Morgan fingerprint density at radius 1 is 1.13 bits per heavy atom. The predicted molar refractivity (Wildman–Crippen MR) is 115 cm³/mol. The van der Waals surface area contributed by atoms with E-state index in [0.717, 1.165) is 63.1 Å². The molecular weight excluding hydrogens is 383 g/mol. The van der Waals surface area contributed by atoms with E-state index < -0.39 is 0 Å². The van der Waals surface area contributed by atoms with E-state index in [9.17, 15) is 14.0 Å². The van der Waals surface area contributed by atoms with Gasteiger partial charge < -0.3 is 14.7 Å². The Balaban J connectivity index is 1.46. The van der Waals surface area contributed by atoms with Crippen molar-refractivity contribution in [2.75, 3.05) is 51.7 Å². The zero-order chi connectivity index (χ0) is 21.5. The van der Waals surface area contributed by atoms with Crippen molar-refractivity contribution in [2.24, 2.45) is 0 Å². The van der Waals surface area contributed by atoms with Crippen molar-refractivity contribution >= 4 is 17.6 Å². The van der Waals surface area contributed by atoms with Gasteiger partial charge in [-0.2, -0.15) is 0 Å². The molecule has 30 heavy (non-hydrogen) atoms. The lowest BCUT2D eigenvalue weighted by atomic mass is 9.74. The largest absolute Gasteiger partial charge is 0.343 e. The van der Waals surface area contributed by atoms with Gasteiger partial charge in [-0.1, -0.05) is 6.92 Å². The Hall–Kier alpha value is -2.15. The minimum absolute atomic E-state index is 0.0462. The maximum absolute atomic E-state index is 14.1. The van der Waals surface area contributed by atoms with E-state index >= 15 is 0 Å². The molecule has 7 heteroatoms. The number of hydrogen-bond acceptors (Lipinski definition) is 3. The van der Waals surface area contributed by atoms with E-state index in [-0.39, 0.29) is 23.2 Å². The highest BCUT2D eigenvalue weighted by Crippen LogP contribution is 2.48. The van der Waals surface area contributed by atoms with Crippen molar-refractivity contribution in [3.8, 4) is 0 Å². The van der Waals surface area contributed by atoms with Crippen LogP contribution in [0.2, 0.25) is 0 Å². The summed E-state index contributed by atoms with van der Waals surface area (Å²) >= 11 is 0. The van der Waals surface area contributed by atoms with Gasteiger partial charge in [0, 0.05) is 57.3 Å². The molecule has 0 N–H and O–H groups in total. The molecule has 164 valence electrons. The van der Waals surface area contributed by atoms with Gasteiger partial charge in [0.15, 0.2) is 0 Å². The van der Waals surface area contributed by atoms with E-state index in [0.29, 0.717) is 19.0 Å². The molecule has 3 aliphatic rings. The molecule has 0 saturated carbocycles. The van der Waals surface area contributed by atoms with Gasteiger partial charge in [-0.05, 0) is 62.5 Å². The maximum Gasteiger partial charge on any atom is 0.323 e. The summed E-state index contributed by atoms with van der Waals surface area (Å²) in [5.74, 6) is 0.0176. The van der Waals surface area contributed by atoms with Crippen LogP contribution in [0.4, 0.5) is 14.9 Å². The summed E-state index contributed by atoms with van der Waals surface area (Å²) < 4.78 is 14.1. The van der Waals surface area contributed by atoms with Crippen molar-refractivity contribution < 1.29 is 14.0 Å². The van der Waals surface area contributed by atoms with Gasteiger partial charge >= 0.3 is 6.03 Å². The molecule has 0 aliphatic carbocycles. The SMILES string of the molecule is CCC(=O)N1CCC(N2CCC3(CC2)CN(C(=O)N(C)C)c2ccc(F)cc23)CC1. The second-order valence-corrected chi connectivity index (χ2v) is 9.21. The fourth-order valence-corrected chi connectivity index (χ4v) is 5.50. The number of carbonyl (C=O) groups excluding carboxylic acids is 2. The molecule has 2 fully saturated rings. The summed E-state index contributed by atoms with van der Waals surface area (Å²) in [7, 11) is 3.52. The van der Waals surface area contributed by atoms with Crippen molar-refractivity contribution in [1.29, 1.82) is 0 Å². The molecule has 3 heterocycles. The van der Waals surface area contributed by atoms with E-state index in [4.69, 9.17) is 0 Å². The Labute approximate surface area is 178 Å². The van der Waals surface area contributed by atoms with E-state index in [2.05, 4.69) is 4.90 Å². The normalized spacial score (nSPS) is 21.7. The lowest BCUT2D eigenvalue weighted by molar-refractivity contribution is -0.132. The molecule has 1 aromatic carbocycles. The fraction of sp³-hybridized carbons (Fsp3) is 0.652. The van der Waals surface area contributed by atoms with Gasteiger partial charge in [-0.25, -0.2) is 9.18 Å². The summed E-state index contributed by atoms with van der Waals surface area (Å²) in [4.78, 5) is 32.6. The number of likely N-dealkylation sites (tertiary alicyclic amines) is 2. The Morgan fingerprint density at radius 2 is 1.80 bits per heavy atom. The molecule has 6 nitrogen and oxygen atoms in total. The molecule has 1 aromatic rings. The number of halogens is 1. The van der Waals surface area contributed by atoms with Crippen LogP contribution in [0.25, 0.3) is 0 Å². The minimum atomic E-state index is -0.234. The molecule has 0 radical (unpaired) electrons. The van der Waals surface area contributed by atoms with Gasteiger partial charge in [0.25, 0.3) is 0 Å². The molecule has 0 atom stereocenters. The van der Waals surface area contributed by atoms with Crippen LogP contribution in [0.3, 0.4) is 0 Å². The van der Waals surface area contributed by atoms with Crippen molar-refractivity contribution in [2.45, 2.75) is 50.5 Å². The number of piperidine rings is 2. The van der Waals surface area contributed by atoms with E-state index in [1.165, 1.54) is 6.07 Å². The van der Waals surface area contributed by atoms with Crippen LogP contribution in [-0.4, -0.2) is 79.5 Å². The lowest BCUT2D eigenvalue weighted by Crippen LogP contribution is -2.52. The topological polar surface area (TPSA) is 47.1 Å². The van der Waals surface area contributed by atoms with E-state index in [1.807, 2.05) is 16.7 Å². The fourth-order valence-electron chi connectivity index (χ4n) is 5.50. The first-order chi connectivity index (χ1) is 14.3. The second-order valence-electron chi connectivity index (χ2n) is 9.21. The third kappa shape index (κ3) is 3.68. The minimum Gasteiger partial charge on any atom is -0.343 e. The van der Waals surface area contributed by atoms with Gasteiger partial charge in [0.1, 0.15) is 5.82 Å². The molecule has 4 rings (SSSR count). The van der Waals surface area contributed by atoms with Crippen LogP contribution in [-0.2, 0) is 10.2 Å². The summed E-state index contributed by atoms with van der Waals surface area (Å²) in [6, 6.07) is 5.32. The lowest BCUT2D eigenvalue weighted by Gasteiger charge is -2.45. The third-order valence-corrected chi connectivity index (χ3v) is 7.29. The van der Waals surface area contributed by atoms with Crippen LogP contribution >= 0.6 is 0 Å². The van der Waals surface area contributed by atoms with Gasteiger partial charge in [0.05, 0.1) is 0 Å². The summed E-state index contributed by atoms with van der Waals surface area (Å²) in [6.07, 6.45) is 4.48. The van der Waals surface area contributed by atoms with Crippen LogP contribution in [0, 0.1) is 5.82 Å². The van der Waals surface area contributed by atoms with Gasteiger partial charge in [0.2, 0.25) is 5.91 Å². The monoisotopic (exact) mass is 416 g/mol. The number of hydrogen-bond donors (Lipinski definition) is 0. The Kier molecular flexibility index (Phi) is 5.75. The number of amides is 3. The quantitative estimate of drug-likeness (QED) is 0.745. The average molecular weight is 417 g/mol. The van der Waals surface area contributed by atoms with Crippen LogP contribution in [0.15, 0.2) is 18.2 Å². The van der Waals surface area contributed by atoms with Crippen molar-refractivity contribution in [3.63, 3.8) is 0 Å². The maximum atomic E-state index is 14.1. The Bertz CT molecular complexity index is 811. The Morgan fingerprint density at radius 3 is 2.40 bits per heavy atom. The van der Waals surface area contributed by atoms with Gasteiger partial charge in [-0.3, -0.25) is 9.69 Å². The molecule has 0 bridgehead atoms. The van der Waals surface area contributed by atoms with Crippen molar-refractivity contribution in [1.82, 2.24) is 14.7 Å². The smallest absolute Gasteiger partial charge is 0.323 e. The molecule has 0 unspecified atom stereocenters. The molecule has 1 spiro atoms. The summed E-state index contributed by atoms with van der Waals surface area (Å²) in [5, 5.41) is 0. The molecular formula is C23H33FN4O2. The first-order valence-electron chi connectivity index (χ1n) is 11.2. The first kappa shape index (κ1) is 21.1. The highest BCUT2D eigenvalue weighted by Gasteiger charge is 2.47. The zero-order valence-corrected chi connectivity index (χ0v) is 18.4. The highest BCUT2D eigenvalue weighted by molar-refractivity contribution is 5.95. The van der Waals surface area contributed by atoms with Crippen molar-refractivity contribution in [3.05, 3.63) is 29.6 Å². The van der Waals surface area contributed by atoms with Crippen LogP contribution in [0.1, 0.15) is 44.6 Å². The second kappa shape index (κ2) is 8.17. The van der Waals surface area contributed by atoms with Crippen LogP contribution < -0.4 is 4.90 Å². The number of nitrogens with zero attached hydrogens (tertiary/aromatic N) is 4. The number of rotatable bonds is 2. The molecule has 3 amide bonds. The van der Waals surface area contributed by atoms with Crippen LogP contribution in [0.5, 0.6) is 0 Å². The average Bonchev–Trinajstić information content (AvgIpc) is 3.06. The van der Waals surface area contributed by atoms with E-state index in [1.54, 1.807) is 31.1 Å². The molecule has 2 saturated heterocycles. The number of urea groups is 1.